The number of hydrogen-bond donors (Lipinski definition) is 0. The molecular weight excluding hydrogens is 376 g/mol. The molecule has 0 aliphatic heterocycles. The van der Waals surface area contributed by atoms with Crippen LogP contribution >= 0.6 is 34.4 Å². The summed E-state index contributed by atoms with van der Waals surface area (Å²) in [4.78, 5) is 0.813. The molecule has 0 spiro atoms. The van der Waals surface area contributed by atoms with Crippen molar-refractivity contribution in [1.82, 2.24) is 30.0 Å². The second-order valence-electron chi connectivity index (χ2n) is 5.21. The molecule has 0 radical (unpaired) electrons. The molecule has 128 valence electrons. The first-order valence-electron chi connectivity index (χ1n) is 7.47. The van der Waals surface area contributed by atoms with Crippen LogP contribution in [-0.2, 0) is 12.2 Å². The number of aromatic nitrogens is 6. The minimum Gasteiger partial charge on any atom is -0.497 e. The standard InChI is InChI=1S/C15H14N6OS3/c1-9-16-19-15(24-9)23-8-12-17-18-14-21(12)20-13(25-14)7-10-3-5-11(22-2)6-4-10/h3-6H,7-8H2,1-2H3. The summed E-state index contributed by atoms with van der Waals surface area (Å²) in [6, 6.07) is 8.02. The van der Waals surface area contributed by atoms with Gasteiger partial charge in [0.15, 0.2) is 10.2 Å². The molecule has 1 aromatic carbocycles. The van der Waals surface area contributed by atoms with E-state index in [1.54, 1.807) is 41.5 Å². The van der Waals surface area contributed by atoms with Crippen LogP contribution in [0.3, 0.4) is 0 Å². The van der Waals surface area contributed by atoms with Crippen LogP contribution < -0.4 is 4.74 Å². The highest BCUT2D eigenvalue weighted by Crippen LogP contribution is 2.26. The predicted molar refractivity (Wildman–Crippen MR) is 98.7 cm³/mol. The van der Waals surface area contributed by atoms with Crippen molar-refractivity contribution in [2.75, 3.05) is 7.11 Å². The fourth-order valence-corrected chi connectivity index (χ4v) is 4.85. The predicted octanol–water partition coefficient (Wildman–Crippen LogP) is 3.24. The lowest BCUT2D eigenvalue weighted by atomic mass is 10.1. The fraction of sp³-hybridized carbons (Fsp3) is 0.267. The Hall–Kier alpha value is -2.04. The first-order valence-corrected chi connectivity index (χ1v) is 10.1. The van der Waals surface area contributed by atoms with Gasteiger partial charge in [0, 0.05) is 6.42 Å². The second kappa shape index (κ2) is 7.06. The number of nitrogens with zero attached hydrogens (tertiary/aromatic N) is 6. The van der Waals surface area contributed by atoms with E-state index < -0.39 is 0 Å². The van der Waals surface area contributed by atoms with E-state index in [9.17, 15) is 0 Å². The average molecular weight is 391 g/mol. The summed E-state index contributed by atoms with van der Waals surface area (Å²) >= 11 is 4.74. The number of aryl methyl sites for hydroxylation is 1. The van der Waals surface area contributed by atoms with Crippen LogP contribution in [0.2, 0.25) is 0 Å². The van der Waals surface area contributed by atoms with Crippen LogP contribution in [0, 0.1) is 6.92 Å². The number of hydrogen-bond acceptors (Lipinski definition) is 9. The van der Waals surface area contributed by atoms with Gasteiger partial charge in [-0.3, -0.25) is 0 Å². The summed E-state index contributed by atoms with van der Waals surface area (Å²) in [6.07, 6.45) is 0.764. The van der Waals surface area contributed by atoms with E-state index in [2.05, 4.69) is 37.6 Å². The molecule has 25 heavy (non-hydrogen) atoms. The number of thioether (sulfide) groups is 1. The molecule has 10 heteroatoms. The Morgan fingerprint density at radius 3 is 2.64 bits per heavy atom. The van der Waals surface area contributed by atoms with Gasteiger partial charge in [0.05, 0.1) is 12.9 Å². The van der Waals surface area contributed by atoms with Crippen molar-refractivity contribution >= 4 is 39.4 Å². The van der Waals surface area contributed by atoms with Crippen molar-refractivity contribution in [1.29, 1.82) is 0 Å². The minimum atomic E-state index is 0.668. The molecule has 0 amide bonds. The first kappa shape index (κ1) is 16.4. The van der Waals surface area contributed by atoms with Gasteiger partial charge in [-0.05, 0) is 24.6 Å². The van der Waals surface area contributed by atoms with Crippen LogP contribution in [0.5, 0.6) is 5.75 Å². The van der Waals surface area contributed by atoms with Crippen molar-refractivity contribution in [2.45, 2.75) is 23.4 Å². The zero-order chi connectivity index (χ0) is 17.2. The molecule has 3 heterocycles. The van der Waals surface area contributed by atoms with Gasteiger partial charge in [0.1, 0.15) is 15.8 Å². The maximum Gasteiger partial charge on any atom is 0.234 e. The average Bonchev–Trinajstić information content (AvgIpc) is 3.30. The molecule has 0 bridgehead atoms. The Kier molecular flexibility index (Phi) is 4.64. The number of benzene rings is 1. The molecule has 0 N–H and O–H groups in total. The van der Waals surface area contributed by atoms with E-state index in [4.69, 9.17) is 4.74 Å². The molecular formula is C15H14N6OS3. The summed E-state index contributed by atoms with van der Waals surface area (Å²) in [6.45, 7) is 1.95. The Balaban J connectivity index is 1.49. The lowest BCUT2D eigenvalue weighted by Gasteiger charge is -2.01. The molecule has 3 aromatic heterocycles. The van der Waals surface area contributed by atoms with Gasteiger partial charge in [-0.25, -0.2) is 0 Å². The summed E-state index contributed by atoms with van der Waals surface area (Å²) in [5.41, 5.74) is 1.19. The monoisotopic (exact) mass is 390 g/mol. The van der Waals surface area contributed by atoms with E-state index in [0.717, 1.165) is 37.3 Å². The van der Waals surface area contributed by atoms with Crippen molar-refractivity contribution in [3.05, 3.63) is 45.7 Å². The lowest BCUT2D eigenvalue weighted by molar-refractivity contribution is 0.414. The summed E-state index contributed by atoms with van der Waals surface area (Å²) < 4.78 is 7.95. The number of methoxy groups -OCH3 is 1. The van der Waals surface area contributed by atoms with Gasteiger partial charge < -0.3 is 4.74 Å². The smallest absolute Gasteiger partial charge is 0.234 e. The van der Waals surface area contributed by atoms with Gasteiger partial charge in [-0.2, -0.15) is 9.61 Å². The highest BCUT2D eigenvalue weighted by molar-refractivity contribution is 8.00. The Bertz CT molecular complexity index is 990. The molecule has 0 aliphatic carbocycles. The first-order chi connectivity index (χ1) is 12.2. The number of fused-ring (bicyclic) bond motifs is 1. The van der Waals surface area contributed by atoms with Gasteiger partial charge in [0.2, 0.25) is 4.96 Å². The Morgan fingerprint density at radius 2 is 1.92 bits per heavy atom. The summed E-state index contributed by atoms with van der Waals surface area (Å²) in [5.74, 6) is 2.35. The number of rotatable bonds is 6. The minimum absolute atomic E-state index is 0.668. The molecule has 0 aliphatic rings. The van der Waals surface area contributed by atoms with E-state index >= 15 is 0 Å². The third kappa shape index (κ3) is 3.65. The van der Waals surface area contributed by atoms with Crippen LogP contribution in [0.1, 0.15) is 21.4 Å². The van der Waals surface area contributed by atoms with E-state index in [0.29, 0.717) is 5.75 Å². The molecule has 0 saturated carbocycles. The summed E-state index contributed by atoms with van der Waals surface area (Å²) in [7, 11) is 1.67. The van der Waals surface area contributed by atoms with Crippen LogP contribution in [-0.4, -0.2) is 37.1 Å². The van der Waals surface area contributed by atoms with Crippen LogP contribution in [0.25, 0.3) is 4.96 Å². The van der Waals surface area contributed by atoms with E-state index in [1.165, 1.54) is 5.56 Å². The molecule has 4 aromatic rings. The molecule has 0 fully saturated rings. The lowest BCUT2D eigenvalue weighted by Crippen LogP contribution is -1.96. The molecule has 7 nitrogen and oxygen atoms in total. The van der Waals surface area contributed by atoms with Crippen LogP contribution in [0.15, 0.2) is 28.6 Å². The van der Waals surface area contributed by atoms with Crippen molar-refractivity contribution < 1.29 is 4.74 Å². The fourth-order valence-electron chi connectivity index (χ4n) is 2.24. The highest BCUT2D eigenvalue weighted by atomic mass is 32.2. The third-order valence-corrected chi connectivity index (χ3v) is 6.31. The third-order valence-electron chi connectivity index (χ3n) is 3.44. The maximum atomic E-state index is 5.19. The summed E-state index contributed by atoms with van der Waals surface area (Å²) in [5, 5.41) is 23.2. The van der Waals surface area contributed by atoms with E-state index in [1.807, 2.05) is 23.6 Å². The van der Waals surface area contributed by atoms with Crippen molar-refractivity contribution in [2.24, 2.45) is 0 Å². The van der Waals surface area contributed by atoms with Gasteiger partial charge >= 0.3 is 0 Å². The zero-order valence-electron chi connectivity index (χ0n) is 13.5. The largest absolute Gasteiger partial charge is 0.497 e. The zero-order valence-corrected chi connectivity index (χ0v) is 16.0. The second-order valence-corrected chi connectivity index (χ2v) is 8.65. The van der Waals surface area contributed by atoms with Gasteiger partial charge in [0.25, 0.3) is 0 Å². The molecule has 4 rings (SSSR count). The molecule has 0 unspecified atom stereocenters. The Labute approximate surface area is 156 Å². The Morgan fingerprint density at radius 1 is 1.08 bits per heavy atom. The van der Waals surface area contributed by atoms with Gasteiger partial charge in [-0.1, -0.05) is 46.6 Å². The van der Waals surface area contributed by atoms with Gasteiger partial charge in [-0.15, -0.1) is 20.4 Å². The SMILES string of the molecule is COc1ccc(Cc2nn3c(CSc4nnc(C)s4)nnc3s2)cc1. The number of ether oxygens (including phenoxy) is 1. The maximum absolute atomic E-state index is 5.19. The quantitative estimate of drug-likeness (QED) is 0.468. The molecule has 0 atom stereocenters. The van der Waals surface area contributed by atoms with Crippen molar-refractivity contribution in [3.63, 3.8) is 0 Å². The normalized spacial score (nSPS) is 11.3. The topological polar surface area (TPSA) is 78.1 Å². The van der Waals surface area contributed by atoms with E-state index in [-0.39, 0.29) is 0 Å². The van der Waals surface area contributed by atoms with Crippen LogP contribution in [0.4, 0.5) is 0 Å². The molecule has 0 saturated heterocycles. The highest BCUT2D eigenvalue weighted by Gasteiger charge is 2.13. The van der Waals surface area contributed by atoms with Crippen molar-refractivity contribution in [3.8, 4) is 5.75 Å².